The van der Waals surface area contributed by atoms with Crippen molar-refractivity contribution in [1.82, 2.24) is 25.3 Å². The van der Waals surface area contributed by atoms with Gasteiger partial charge in [-0.25, -0.2) is 13.2 Å². The third-order valence-corrected chi connectivity index (χ3v) is 12.9. The number of fused-ring (bicyclic) bond motifs is 3. The van der Waals surface area contributed by atoms with Gasteiger partial charge in [-0.15, -0.1) is 12.4 Å². The molecule has 0 unspecified atom stereocenters. The number of esters is 2. The summed E-state index contributed by atoms with van der Waals surface area (Å²) in [5.41, 5.74) is 10.6. The quantitative estimate of drug-likeness (QED) is 0.148. The monoisotopic (exact) mass is 1130 g/mol. The fourth-order valence-electron chi connectivity index (χ4n) is 9.26. The summed E-state index contributed by atoms with van der Waals surface area (Å²) in [7, 11) is 0. The SMILES string of the molecule is CC(C)(C)OC(=O)C[C@@H]1C[C@H](F)CN(c2ccc(C#N)c3ncccc23)C1.CC(C)(C)OC(=O)C[C@H]1CNC[C@@H](F)C1.Cl.N#Cc1ccc(Br)c2cccnc12.N#Cc1ccc(N2C[C@H](N)C[C@H](F)C2)c2nccnc12. The smallest absolute Gasteiger partial charge is 0.306 e. The van der Waals surface area contributed by atoms with Crippen LogP contribution in [0, 0.1) is 45.8 Å². The zero-order valence-electron chi connectivity index (χ0n) is 43.5. The lowest BCUT2D eigenvalue weighted by molar-refractivity contribution is -0.157. The van der Waals surface area contributed by atoms with Crippen LogP contribution >= 0.6 is 28.3 Å². The number of rotatable bonds is 6. The standard InChI is InChI=1S/C21H24FN3O2.C14H14FN5.C11H20FNO2.C10H5BrN2.ClH/c1-21(2,3)27-19(26)10-14-9-16(22)13-25(12-14)18-7-6-15(11-23)20-17(18)5-4-8-24-20;15-10-5-11(17)8-20(7-10)12-2-1-9(6-16)13-14(12)19-4-3-18-13;1-11(2,3)15-10(14)5-8-4-9(12)7-13-6-8;11-9-4-3-7(6-12)10-8(9)2-1-5-13-10;/h4-8,14,16H,9-10,12-13H2,1-3H3;1-4,10-11H,5,7-8,17H2;8-9,13H,4-7H2,1-3H3;1-5H;1H/t14-,16-;10-,11+;8-,9-;;/m000../s1. The number of carbonyl (C=O) groups is 2. The number of hydrogen-bond donors (Lipinski definition) is 2. The summed E-state index contributed by atoms with van der Waals surface area (Å²) < 4.78 is 52.7. The molecule has 6 heterocycles. The van der Waals surface area contributed by atoms with E-state index in [1.54, 1.807) is 49.1 Å². The predicted molar refractivity (Wildman–Crippen MR) is 294 cm³/mol. The zero-order valence-corrected chi connectivity index (χ0v) is 45.9. The molecule has 3 fully saturated rings. The highest BCUT2D eigenvalue weighted by molar-refractivity contribution is 9.10. The minimum atomic E-state index is -1.02. The average Bonchev–Trinajstić information content (AvgIpc) is 3.35. The summed E-state index contributed by atoms with van der Waals surface area (Å²) in [4.78, 5) is 44.4. The van der Waals surface area contributed by atoms with E-state index in [2.05, 4.69) is 59.4 Å². The number of aromatic nitrogens is 4. The molecule has 3 aromatic heterocycles. The number of alkyl halides is 3. The highest BCUT2D eigenvalue weighted by Crippen LogP contribution is 2.34. The molecular formula is C56H64BrClF3N11O4. The van der Waals surface area contributed by atoms with Gasteiger partial charge in [0.2, 0.25) is 0 Å². The lowest BCUT2D eigenvalue weighted by atomic mass is 9.92. The van der Waals surface area contributed by atoms with Crippen molar-refractivity contribution < 1.29 is 32.2 Å². The van der Waals surface area contributed by atoms with Crippen molar-refractivity contribution in [2.45, 2.75) is 109 Å². The first-order valence-corrected chi connectivity index (χ1v) is 25.6. The topological polar surface area (TPSA) is 220 Å². The number of nitrogens with zero attached hydrogens (tertiary/aromatic N) is 9. The van der Waals surface area contributed by atoms with Crippen molar-refractivity contribution in [2.75, 3.05) is 49.1 Å². The van der Waals surface area contributed by atoms with Crippen molar-refractivity contribution in [3.8, 4) is 18.2 Å². The van der Waals surface area contributed by atoms with Crippen LogP contribution in [-0.4, -0.2) is 107 Å². The number of anilines is 2. The molecule has 15 nitrogen and oxygen atoms in total. The summed E-state index contributed by atoms with van der Waals surface area (Å²) in [6, 6.07) is 24.3. The second kappa shape index (κ2) is 27.4. The summed E-state index contributed by atoms with van der Waals surface area (Å²) in [6.45, 7) is 13.8. The molecule has 0 spiro atoms. The lowest BCUT2D eigenvalue weighted by Crippen LogP contribution is -2.48. The highest BCUT2D eigenvalue weighted by atomic mass is 79.9. The number of piperidine rings is 3. The van der Waals surface area contributed by atoms with Crippen LogP contribution in [0.15, 0.2) is 89.9 Å². The molecule has 6 atom stereocenters. The van der Waals surface area contributed by atoms with E-state index in [4.69, 9.17) is 25.7 Å². The van der Waals surface area contributed by atoms with E-state index in [9.17, 15) is 28.0 Å². The van der Waals surface area contributed by atoms with E-state index in [-0.39, 0.29) is 55.2 Å². The van der Waals surface area contributed by atoms with Crippen LogP contribution in [-0.2, 0) is 19.1 Å². The van der Waals surface area contributed by atoms with Gasteiger partial charge >= 0.3 is 11.9 Å². The van der Waals surface area contributed by atoms with Gasteiger partial charge < -0.3 is 30.3 Å². The minimum absolute atomic E-state index is 0. The Balaban J connectivity index is 0.000000194. The number of nitrogens with one attached hydrogen (secondary N) is 1. The summed E-state index contributed by atoms with van der Waals surface area (Å²) >= 11 is 3.41. The van der Waals surface area contributed by atoms with Crippen LogP contribution in [0.4, 0.5) is 24.5 Å². The van der Waals surface area contributed by atoms with Gasteiger partial charge in [-0.05, 0) is 134 Å². The highest BCUT2D eigenvalue weighted by Gasteiger charge is 2.32. The van der Waals surface area contributed by atoms with Gasteiger partial charge in [-0.2, -0.15) is 15.8 Å². The van der Waals surface area contributed by atoms with Gasteiger partial charge in [0, 0.05) is 90.9 Å². The van der Waals surface area contributed by atoms with Crippen LogP contribution in [0.1, 0.15) is 90.3 Å². The van der Waals surface area contributed by atoms with Crippen LogP contribution in [0.25, 0.3) is 32.8 Å². The Morgan fingerprint density at radius 2 is 1.09 bits per heavy atom. The molecule has 0 saturated carbocycles. The maximum absolute atomic E-state index is 14.4. The van der Waals surface area contributed by atoms with Crippen LogP contribution in [0.2, 0.25) is 0 Å². The Bertz CT molecular complexity index is 3080. The second-order valence-corrected chi connectivity index (χ2v) is 21.6. The molecular weight excluding hydrogens is 1060 g/mol. The first-order valence-electron chi connectivity index (χ1n) is 24.8. The maximum Gasteiger partial charge on any atom is 0.306 e. The number of hydrogen-bond acceptors (Lipinski definition) is 15. The molecule has 0 bridgehead atoms. The van der Waals surface area contributed by atoms with E-state index < -0.39 is 29.7 Å². The molecule has 3 aliphatic rings. The summed E-state index contributed by atoms with van der Waals surface area (Å²) in [5.74, 6) is -0.578. The van der Waals surface area contributed by atoms with Gasteiger partial charge in [0.15, 0.2) is 0 Å². The van der Waals surface area contributed by atoms with Gasteiger partial charge in [-0.3, -0.25) is 29.5 Å². The van der Waals surface area contributed by atoms with Gasteiger partial charge in [0.25, 0.3) is 0 Å². The Morgan fingerprint density at radius 3 is 1.66 bits per heavy atom. The number of benzene rings is 3. The molecule has 3 N–H and O–H groups in total. The van der Waals surface area contributed by atoms with Crippen molar-refractivity contribution in [1.29, 1.82) is 15.8 Å². The molecule has 0 radical (unpaired) electrons. The first-order chi connectivity index (χ1) is 35.6. The van der Waals surface area contributed by atoms with Crippen molar-refractivity contribution >= 4 is 84.5 Å². The van der Waals surface area contributed by atoms with Gasteiger partial charge in [0.05, 0.1) is 39.8 Å². The Labute approximate surface area is 456 Å². The number of halogens is 5. The molecule has 0 aliphatic carbocycles. The molecule has 76 heavy (non-hydrogen) atoms. The van der Waals surface area contributed by atoms with Gasteiger partial charge in [0.1, 0.15) is 59.0 Å². The van der Waals surface area contributed by atoms with Crippen LogP contribution in [0.3, 0.4) is 0 Å². The summed E-state index contributed by atoms with van der Waals surface area (Å²) in [6.07, 6.45) is 5.37. The van der Waals surface area contributed by atoms with Crippen LogP contribution < -0.4 is 20.9 Å². The first kappa shape index (κ1) is 60.2. The molecule has 6 aromatic rings. The lowest BCUT2D eigenvalue weighted by Gasteiger charge is -2.37. The number of pyridine rings is 2. The number of nitrogens with two attached hydrogens (primary N) is 1. The zero-order chi connectivity index (χ0) is 54.5. The van der Waals surface area contributed by atoms with Crippen molar-refractivity contribution in [2.24, 2.45) is 17.6 Å². The Morgan fingerprint density at radius 1 is 0.618 bits per heavy atom. The molecule has 20 heteroatoms. The number of ether oxygens (including phenoxy) is 2. The Hall–Kier alpha value is -6.69. The van der Waals surface area contributed by atoms with Gasteiger partial charge in [-0.1, -0.05) is 22.0 Å². The third-order valence-electron chi connectivity index (χ3n) is 12.2. The molecule has 0 amide bonds. The fraction of sp³-hybridized carbons (Fsp3) is 0.446. The van der Waals surface area contributed by atoms with E-state index in [0.29, 0.717) is 91.6 Å². The van der Waals surface area contributed by atoms with E-state index in [1.807, 2.05) is 87.7 Å². The van der Waals surface area contributed by atoms with Crippen LogP contribution in [0.5, 0.6) is 0 Å². The van der Waals surface area contributed by atoms with Crippen molar-refractivity contribution in [3.05, 3.63) is 107 Å². The van der Waals surface area contributed by atoms with E-state index >= 15 is 0 Å². The molecule has 3 aromatic carbocycles. The molecule has 402 valence electrons. The van der Waals surface area contributed by atoms with Crippen molar-refractivity contribution in [3.63, 3.8) is 0 Å². The average molecular weight is 1130 g/mol. The molecule has 9 rings (SSSR count). The van der Waals surface area contributed by atoms with E-state index in [0.717, 1.165) is 32.1 Å². The minimum Gasteiger partial charge on any atom is -0.460 e. The molecule has 3 saturated heterocycles. The number of carbonyl (C=O) groups excluding carboxylic acids is 2. The van der Waals surface area contributed by atoms with E-state index in [1.165, 1.54) is 0 Å². The third kappa shape index (κ3) is 17.2. The Kier molecular flexibility index (Phi) is 21.7. The normalized spacial score (nSPS) is 20.3. The predicted octanol–water partition coefficient (Wildman–Crippen LogP) is 10.3. The maximum atomic E-state index is 14.4. The fourth-order valence-corrected chi connectivity index (χ4v) is 9.71. The molecule has 3 aliphatic heterocycles. The second-order valence-electron chi connectivity index (χ2n) is 20.8. The summed E-state index contributed by atoms with van der Waals surface area (Å²) in [5, 5.41) is 32.0. The largest absolute Gasteiger partial charge is 0.460 e. The number of nitriles is 3.